The van der Waals surface area contributed by atoms with Crippen LogP contribution in [0.5, 0.6) is 0 Å². The van der Waals surface area contributed by atoms with Gasteiger partial charge in [-0.2, -0.15) is 0 Å². The second-order valence-corrected chi connectivity index (χ2v) is 4.64. The monoisotopic (exact) mass is 238 g/mol. The average molecular weight is 238 g/mol. The second kappa shape index (κ2) is 3.96. The molecule has 76 valence electrons. The molecular formula is C10H6O3S2. The van der Waals surface area contributed by atoms with Crippen LogP contribution in [0.15, 0.2) is 29.0 Å². The highest BCUT2D eigenvalue weighted by atomic mass is 32.1. The Balaban J connectivity index is 2.42. The lowest BCUT2D eigenvalue weighted by molar-refractivity contribution is 0.0694. The standard InChI is InChI=1S/C10H6O3S2/c11-8(7-2-1-4-14-7)9-6(10(12)13)3-5-15-9/h1-5H,(H,12,13). The Morgan fingerprint density at radius 3 is 2.53 bits per heavy atom. The molecule has 15 heavy (non-hydrogen) atoms. The fourth-order valence-corrected chi connectivity index (χ4v) is 2.75. The van der Waals surface area contributed by atoms with Gasteiger partial charge in [0.25, 0.3) is 0 Å². The van der Waals surface area contributed by atoms with Gasteiger partial charge in [0.1, 0.15) is 0 Å². The van der Waals surface area contributed by atoms with Gasteiger partial charge in [0, 0.05) is 0 Å². The van der Waals surface area contributed by atoms with E-state index in [4.69, 9.17) is 5.11 Å². The predicted molar refractivity (Wildman–Crippen MR) is 59.0 cm³/mol. The lowest BCUT2D eigenvalue weighted by Crippen LogP contribution is -2.04. The summed E-state index contributed by atoms with van der Waals surface area (Å²) in [5.41, 5.74) is 0.0819. The number of thiophene rings is 2. The first-order valence-corrected chi connectivity index (χ1v) is 5.85. The molecule has 0 atom stereocenters. The van der Waals surface area contributed by atoms with Crippen molar-refractivity contribution in [2.75, 3.05) is 0 Å². The SMILES string of the molecule is O=C(O)c1ccsc1C(=O)c1cccs1. The van der Waals surface area contributed by atoms with E-state index in [1.54, 1.807) is 22.9 Å². The van der Waals surface area contributed by atoms with E-state index in [1.807, 2.05) is 0 Å². The molecule has 0 unspecified atom stereocenters. The van der Waals surface area contributed by atoms with Crippen LogP contribution >= 0.6 is 22.7 Å². The van der Waals surface area contributed by atoms with Gasteiger partial charge in [0.05, 0.1) is 15.3 Å². The maximum atomic E-state index is 11.9. The van der Waals surface area contributed by atoms with E-state index in [0.29, 0.717) is 9.75 Å². The highest BCUT2D eigenvalue weighted by Crippen LogP contribution is 2.23. The number of carboxylic acid groups (broad SMARTS) is 1. The summed E-state index contributed by atoms with van der Waals surface area (Å²) in [6.07, 6.45) is 0. The van der Waals surface area contributed by atoms with E-state index < -0.39 is 5.97 Å². The van der Waals surface area contributed by atoms with Gasteiger partial charge in [-0.3, -0.25) is 4.79 Å². The molecule has 0 aliphatic heterocycles. The van der Waals surface area contributed by atoms with E-state index in [2.05, 4.69) is 0 Å². The third-order valence-corrected chi connectivity index (χ3v) is 3.63. The van der Waals surface area contributed by atoms with Crippen molar-refractivity contribution < 1.29 is 14.7 Å². The molecule has 0 aromatic carbocycles. The number of hydrogen-bond acceptors (Lipinski definition) is 4. The van der Waals surface area contributed by atoms with Gasteiger partial charge in [-0.15, -0.1) is 22.7 Å². The fraction of sp³-hybridized carbons (Fsp3) is 0. The molecular weight excluding hydrogens is 232 g/mol. The lowest BCUT2D eigenvalue weighted by atomic mass is 10.2. The summed E-state index contributed by atoms with van der Waals surface area (Å²) in [4.78, 5) is 23.5. The van der Waals surface area contributed by atoms with Gasteiger partial charge >= 0.3 is 5.97 Å². The van der Waals surface area contributed by atoms with Crippen LogP contribution in [0.3, 0.4) is 0 Å². The molecule has 0 saturated carbocycles. The second-order valence-electron chi connectivity index (χ2n) is 2.77. The van der Waals surface area contributed by atoms with Crippen molar-refractivity contribution in [2.24, 2.45) is 0 Å². The van der Waals surface area contributed by atoms with Gasteiger partial charge in [0.2, 0.25) is 5.78 Å². The van der Waals surface area contributed by atoms with Crippen LogP contribution in [0.25, 0.3) is 0 Å². The number of carbonyl (C=O) groups excluding carboxylic acids is 1. The van der Waals surface area contributed by atoms with Crippen molar-refractivity contribution in [2.45, 2.75) is 0 Å². The molecule has 0 amide bonds. The summed E-state index contributed by atoms with van der Waals surface area (Å²) in [5.74, 6) is -1.27. The van der Waals surface area contributed by atoms with Gasteiger partial charge in [-0.1, -0.05) is 6.07 Å². The van der Waals surface area contributed by atoms with Crippen LogP contribution in [0.2, 0.25) is 0 Å². The Bertz CT molecular complexity index is 496. The molecule has 2 aromatic heterocycles. The highest BCUT2D eigenvalue weighted by molar-refractivity contribution is 7.16. The van der Waals surface area contributed by atoms with Crippen LogP contribution in [0.4, 0.5) is 0 Å². The number of carboxylic acids is 1. The van der Waals surface area contributed by atoms with Crippen molar-refractivity contribution >= 4 is 34.4 Å². The maximum Gasteiger partial charge on any atom is 0.337 e. The summed E-state index contributed by atoms with van der Waals surface area (Å²) in [5, 5.41) is 12.3. The first-order chi connectivity index (χ1) is 7.20. The molecule has 1 N–H and O–H groups in total. The van der Waals surface area contributed by atoms with Crippen LogP contribution in [-0.2, 0) is 0 Å². The highest BCUT2D eigenvalue weighted by Gasteiger charge is 2.19. The number of aromatic carboxylic acids is 1. The minimum absolute atomic E-state index is 0.0819. The van der Waals surface area contributed by atoms with Crippen LogP contribution in [0, 0.1) is 0 Å². The largest absolute Gasteiger partial charge is 0.478 e. The predicted octanol–water partition coefficient (Wildman–Crippen LogP) is 2.74. The quantitative estimate of drug-likeness (QED) is 0.836. The smallest absolute Gasteiger partial charge is 0.337 e. The summed E-state index contributed by atoms with van der Waals surface area (Å²) in [6, 6.07) is 4.91. The van der Waals surface area contributed by atoms with Gasteiger partial charge in [-0.05, 0) is 22.9 Å². The van der Waals surface area contributed by atoms with Crippen LogP contribution in [0.1, 0.15) is 24.9 Å². The zero-order valence-electron chi connectivity index (χ0n) is 7.47. The molecule has 3 nitrogen and oxygen atoms in total. The van der Waals surface area contributed by atoms with Crippen LogP contribution < -0.4 is 0 Å². The zero-order valence-corrected chi connectivity index (χ0v) is 9.10. The molecule has 0 aliphatic carbocycles. The maximum absolute atomic E-state index is 11.9. The average Bonchev–Trinajstić information content (AvgIpc) is 2.88. The summed E-state index contributed by atoms with van der Waals surface area (Å²) < 4.78 is 0. The fourth-order valence-electron chi connectivity index (χ4n) is 1.17. The van der Waals surface area contributed by atoms with E-state index >= 15 is 0 Å². The molecule has 0 fully saturated rings. The third-order valence-electron chi connectivity index (χ3n) is 1.85. The molecule has 2 aromatic rings. The summed E-state index contributed by atoms with van der Waals surface area (Å²) in [7, 11) is 0. The van der Waals surface area contributed by atoms with Crippen molar-refractivity contribution in [3.63, 3.8) is 0 Å². The van der Waals surface area contributed by atoms with Gasteiger partial charge in [0.15, 0.2) is 0 Å². The Morgan fingerprint density at radius 2 is 1.93 bits per heavy atom. The van der Waals surface area contributed by atoms with Crippen molar-refractivity contribution in [1.82, 2.24) is 0 Å². The van der Waals surface area contributed by atoms with E-state index in [9.17, 15) is 9.59 Å². The third kappa shape index (κ3) is 1.84. The molecule has 0 bridgehead atoms. The van der Waals surface area contributed by atoms with Crippen molar-refractivity contribution in [3.05, 3.63) is 44.3 Å². The van der Waals surface area contributed by atoms with Gasteiger partial charge < -0.3 is 5.11 Å². The minimum Gasteiger partial charge on any atom is -0.478 e. The molecule has 0 aliphatic rings. The number of carbonyl (C=O) groups is 2. The van der Waals surface area contributed by atoms with E-state index in [-0.39, 0.29) is 11.3 Å². The van der Waals surface area contributed by atoms with E-state index in [0.717, 1.165) is 11.3 Å². The van der Waals surface area contributed by atoms with E-state index in [1.165, 1.54) is 17.4 Å². The topological polar surface area (TPSA) is 54.4 Å². The number of rotatable bonds is 3. The lowest BCUT2D eigenvalue weighted by Gasteiger charge is -1.95. The van der Waals surface area contributed by atoms with Crippen molar-refractivity contribution in [3.8, 4) is 0 Å². The first kappa shape index (κ1) is 10.1. The Hall–Kier alpha value is -1.46. The summed E-state index contributed by atoms with van der Waals surface area (Å²) in [6.45, 7) is 0. The zero-order chi connectivity index (χ0) is 10.8. The van der Waals surface area contributed by atoms with Gasteiger partial charge in [-0.25, -0.2) is 4.79 Å². The number of hydrogen-bond donors (Lipinski definition) is 1. The molecule has 2 rings (SSSR count). The molecule has 0 spiro atoms. The molecule has 5 heteroatoms. The Morgan fingerprint density at radius 1 is 1.13 bits per heavy atom. The minimum atomic E-state index is -1.06. The Labute approximate surface area is 93.6 Å². The van der Waals surface area contributed by atoms with Crippen molar-refractivity contribution in [1.29, 1.82) is 0 Å². The first-order valence-electron chi connectivity index (χ1n) is 4.09. The normalized spacial score (nSPS) is 10.1. The summed E-state index contributed by atoms with van der Waals surface area (Å²) >= 11 is 2.47. The molecule has 0 saturated heterocycles. The number of ketones is 1. The van der Waals surface area contributed by atoms with Crippen LogP contribution in [-0.4, -0.2) is 16.9 Å². The molecule has 2 heterocycles. The Kier molecular flexibility index (Phi) is 2.66. The molecule has 0 radical (unpaired) electrons.